The van der Waals surface area contributed by atoms with Crippen molar-refractivity contribution in [3.63, 3.8) is 0 Å². The molecule has 0 atom stereocenters. The van der Waals surface area contributed by atoms with E-state index in [0.717, 1.165) is 0 Å². The lowest BCUT2D eigenvalue weighted by Gasteiger charge is -2.14. The molecule has 62 valence electrons. The average Bonchev–Trinajstić information content (AvgIpc) is 1.90. The van der Waals surface area contributed by atoms with Gasteiger partial charge in [0.1, 0.15) is 0 Å². The molecule has 1 N–H and O–H groups in total. The average molecular weight is 161 g/mol. The Labute approximate surface area is 69.1 Å². The molecule has 0 aliphatic heterocycles. The zero-order chi connectivity index (χ0) is 7.98. The van der Waals surface area contributed by atoms with E-state index < -0.39 is 0 Å². The van der Waals surface area contributed by atoms with Gasteiger partial charge in [-0.05, 0) is 12.8 Å². The van der Waals surface area contributed by atoms with Crippen LogP contribution in [0.25, 0.3) is 0 Å². The molecule has 10 heavy (non-hydrogen) atoms. The third-order valence-electron chi connectivity index (χ3n) is 1.46. The minimum atomic E-state index is 0.695. The van der Waals surface area contributed by atoms with Crippen LogP contribution in [0.5, 0.6) is 0 Å². The first kappa shape index (κ1) is 10.3. The number of rotatable bonds is 5. The van der Waals surface area contributed by atoms with Crippen molar-refractivity contribution in [1.82, 2.24) is 4.72 Å². The molecule has 0 unspecified atom stereocenters. The van der Waals surface area contributed by atoms with Gasteiger partial charge >= 0.3 is 0 Å². The highest BCUT2D eigenvalue weighted by Gasteiger charge is 2.02. The first-order valence-electron chi connectivity index (χ1n) is 4.11. The summed E-state index contributed by atoms with van der Waals surface area (Å²) < 4.78 is 3.44. The molecule has 0 spiro atoms. The Balaban J connectivity index is 3.26. The van der Waals surface area contributed by atoms with E-state index in [1.54, 1.807) is 0 Å². The van der Waals surface area contributed by atoms with Crippen molar-refractivity contribution < 1.29 is 0 Å². The van der Waals surface area contributed by atoms with E-state index in [1.807, 2.05) is 11.9 Å². The van der Waals surface area contributed by atoms with Crippen molar-refractivity contribution in [3.05, 3.63) is 0 Å². The molecule has 0 radical (unpaired) electrons. The van der Waals surface area contributed by atoms with Crippen LogP contribution in [0.3, 0.4) is 0 Å². The maximum absolute atomic E-state index is 3.44. The molecule has 0 amide bonds. The van der Waals surface area contributed by atoms with Crippen molar-refractivity contribution >= 4 is 11.9 Å². The minimum Gasteiger partial charge on any atom is -0.261 e. The second-order valence-electron chi connectivity index (χ2n) is 2.80. The first-order valence-corrected chi connectivity index (χ1v) is 4.99. The van der Waals surface area contributed by atoms with Gasteiger partial charge in [-0.1, -0.05) is 39.6 Å². The lowest BCUT2D eigenvalue weighted by Crippen LogP contribution is -2.22. The molecule has 2 heteroatoms. The summed E-state index contributed by atoms with van der Waals surface area (Å²) >= 11 is 1.84. The number of nitrogens with one attached hydrogen (secondary N) is 1. The fraction of sp³-hybridized carbons (Fsp3) is 1.00. The van der Waals surface area contributed by atoms with Gasteiger partial charge in [0.2, 0.25) is 0 Å². The van der Waals surface area contributed by atoms with Gasteiger partial charge in [0.05, 0.1) is 0 Å². The van der Waals surface area contributed by atoms with Crippen molar-refractivity contribution in [3.8, 4) is 0 Å². The van der Waals surface area contributed by atoms with Crippen molar-refractivity contribution in [2.45, 2.75) is 51.8 Å². The quantitative estimate of drug-likeness (QED) is 0.622. The van der Waals surface area contributed by atoms with E-state index in [2.05, 4.69) is 32.4 Å². The molecule has 0 aromatic heterocycles. The lowest BCUT2D eigenvalue weighted by molar-refractivity contribution is 0.590. The molecule has 0 rings (SSSR count). The highest BCUT2D eigenvalue weighted by molar-refractivity contribution is 7.98. The van der Waals surface area contributed by atoms with Gasteiger partial charge in [0, 0.05) is 11.3 Å². The summed E-state index contributed by atoms with van der Waals surface area (Å²) in [5.74, 6) is 0. The van der Waals surface area contributed by atoms with Crippen LogP contribution in [-0.4, -0.2) is 11.3 Å². The lowest BCUT2D eigenvalue weighted by atomic mass is 10.2. The van der Waals surface area contributed by atoms with Crippen molar-refractivity contribution in [2.75, 3.05) is 0 Å². The van der Waals surface area contributed by atoms with Crippen LogP contribution in [0.15, 0.2) is 0 Å². The molecule has 0 aromatic rings. The van der Waals surface area contributed by atoms with E-state index in [9.17, 15) is 0 Å². The largest absolute Gasteiger partial charge is 0.261 e. The van der Waals surface area contributed by atoms with Gasteiger partial charge in [-0.2, -0.15) is 0 Å². The Bertz CT molecular complexity index is 69.7. The second-order valence-corrected chi connectivity index (χ2v) is 4.21. The summed E-state index contributed by atoms with van der Waals surface area (Å²) in [4.78, 5) is 0. The maximum atomic E-state index is 3.44. The summed E-state index contributed by atoms with van der Waals surface area (Å²) in [6, 6.07) is 0.701. The molecule has 0 saturated heterocycles. The third kappa shape index (κ3) is 5.12. The van der Waals surface area contributed by atoms with Crippen LogP contribution in [0.1, 0.15) is 40.5 Å². The van der Waals surface area contributed by atoms with Gasteiger partial charge in [-0.15, -0.1) is 0 Å². The monoisotopic (exact) mass is 161 g/mol. The van der Waals surface area contributed by atoms with Crippen molar-refractivity contribution in [1.29, 1.82) is 0 Å². The summed E-state index contributed by atoms with van der Waals surface area (Å²) in [7, 11) is 0. The van der Waals surface area contributed by atoms with Crippen LogP contribution >= 0.6 is 11.9 Å². The van der Waals surface area contributed by atoms with Crippen LogP contribution in [0.2, 0.25) is 0 Å². The van der Waals surface area contributed by atoms with Crippen LogP contribution in [0.4, 0.5) is 0 Å². The standard InChI is InChI=1S/C8H19NS/c1-5-8(6-2)9-10-7(3)4/h7-9H,5-6H2,1-4H3. The predicted molar refractivity (Wildman–Crippen MR) is 50.2 cm³/mol. The summed E-state index contributed by atoms with van der Waals surface area (Å²) in [6.45, 7) is 8.87. The topological polar surface area (TPSA) is 12.0 Å². The molecule has 0 bridgehead atoms. The number of hydrogen-bond donors (Lipinski definition) is 1. The minimum absolute atomic E-state index is 0.695. The molecule has 0 aromatic carbocycles. The molecule has 0 aliphatic rings. The van der Waals surface area contributed by atoms with Crippen LogP contribution in [-0.2, 0) is 0 Å². The summed E-state index contributed by atoms with van der Waals surface area (Å²) in [6.07, 6.45) is 2.46. The highest BCUT2D eigenvalue weighted by atomic mass is 32.2. The fourth-order valence-electron chi connectivity index (χ4n) is 0.688. The van der Waals surface area contributed by atoms with Crippen LogP contribution in [0, 0.1) is 0 Å². The van der Waals surface area contributed by atoms with E-state index in [-0.39, 0.29) is 0 Å². The zero-order valence-corrected chi connectivity index (χ0v) is 8.29. The Kier molecular flexibility index (Phi) is 6.24. The Morgan fingerprint density at radius 1 is 1.20 bits per heavy atom. The van der Waals surface area contributed by atoms with E-state index in [1.165, 1.54) is 12.8 Å². The Morgan fingerprint density at radius 2 is 1.70 bits per heavy atom. The molecule has 0 aliphatic carbocycles. The highest BCUT2D eigenvalue weighted by Crippen LogP contribution is 2.08. The maximum Gasteiger partial charge on any atom is 0.0166 e. The van der Waals surface area contributed by atoms with Gasteiger partial charge < -0.3 is 0 Å². The SMILES string of the molecule is CCC(CC)NSC(C)C. The van der Waals surface area contributed by atoms with E-state index >= 15 is 0 Å². The van der Waals surface area contributed by atoms with Gasteiger partial charge in [0.15, 0.2) is 0 Å². The molecule has 0 saturated carbocycles. The van der Waals surface area contributed by atoms with Gasteiger partial charge in [-0.3, -0.25) is 4.72 Å². The molecular weight excluding hydrogens is 142 g/mol. The second kappa shape index (κ2) is 6.05. The first-order chi connectivity index (χ1) is 4.70. The smallest absolute Gasteiger partial charge is 0.0166 e. The molecule has 1 nitrogen and oxygen atoms in total. The summed E-state index contributed by atoms with van der Waals surface area (Å²) in [5.41, 5.74) is 0. The van der Waals surface area contributed by atoms with Crippen molar-refractivity contribution in [2.24, 2.45) is 0 Å². The summed E-state index contributed by atoms with van der Waals surface area (Å²) in [5, 5.41) is 0.695. The molecule has 0 heterocycles. The predicted octanol–water partition coefficient (Wildman–Crippen LogP) is 2.82. The fourth-order valence-corrected chi connectivity index (χ4v) is 1.49. The Morgan fingerprint density at radius 3 is 2.00 bits per heavy atom. The van der Waals surface area contributed by atoms with Crippen LogP contribution < -0.4 is 4.72 Å². The Hall–Kier alpha value is 0.310. The molecule has 0 fully saturated rings. The zero-order valence-electron chi connectivity index (χ0n) is 7.48. The van der Waals surface area contributed by atoms with Gasteiger partial charge in [0.25, 0.3) is 0 Å². The third-order valence-corrected chi connectivity index (χ3v) is 2.40. The molecular formula is C8H19NS. The van der Waals surface area contributed by atoms with Gasteiger partial charge in [-0.25, -0.2) is 0 Å². The normalized spacial score (nSPS) is 11.4. The number of hydrogen-bond acceptors (Lipinski definition) is 2. The van der Waals surface area contributed by atoms with E-state index in [4.69, 9.17) is 0 Å². The van der Waals surface area contributed by atoms with E-state index in [0.29, 0.717) is 11.3 Å².